The minimum absolute atomic E-state index is 0.214. The molecule has 0 unspecified atom stereocenters. The van der Waals surface area contributed by atoms with Gasteiger partial charge in [-0.25, -0.2) is 4.98 Å². The maximum absolute atomic E-state index is 12.0. The van der Waals surface area contributed by atoms with Gasteiger partial charge in [-0.2, -0.15) is 0 Å². The lowest BCUT2D eigenvalue weighted by molar-refractivity contribution is 0.0961. The van der Waals surface area contributed by atoms with Crippen molar-refractivity contribution in [2.24, 2.45) is 0 Å². The first kappa shape index (κ1) is 14.0. The van der Waals surface area contributed by atoms with Gasteiger partial charge in [0.25, 0.3) is 11.8 Å². The van der Waals surface area contributed by atoms with Crippen LogP contribution in [0.4, 0.5) is 5.69 Å². The van der Waals surface area contributed by atoms with Crippen LogP contribution in [0.1, 0.15) is 20.7 Å². The number of anilines is 1. The van der Waals surface area contributed by atoms with E-state index in [0.29, 0.717) is 22.0 Å². The summed E-state index contributed by atoms with van der Waals surface area (Å²) in [7, 11) is 1.55. The van der Waals surface area contributed by atoms with Gasteiger partial charge < -0.3 is 10.6 Å². The predicted octanol–water partition coefficient (Wildman–Crippen LogP) is 2.35. The van der Waals surface area contributed by atoms with Crippen molar-refractivity contribution >= 4 is 29.1 Å². The average molecular weight is 290 g/mol. The van der Waals surface area contributed by atoms with Gasteiger partial charge >= 0.3 is 0 Å². The molecule has 0 aliphatic carbocycles. The smallest absolute Gasteiger partial charge is 0.257 e. The molecule has 0 radical (unpaired) electrons. The zero-order valence-electron chi connectivity index (χ0n) is 10.7. The Morgan fingerprint density at radius 1 is 1.10 bits per heavy atom. The molecule has 102 valence electrons. The fourth-order valence-electron chi connectivity index (χ4n) is 1.60. The molecule has 0 atom stereocenters. The summed E-state index contributed by atoms with van der Waals surface area (Å²) in [6.07, 6.45) is 1.39. The van der Waals surface area contributed by atoms with Crippen LogP contribution in [0.3, 0.4) is 0 Å². The number of pyridine rings is 1. The van der Waals surface area contributed by atoms with Gasteiger partial charge in [-0.05, 0) is 30.3 Å². The molecular formula is C14H12ClN3O2. The van der Waals surface area contributed by atoms with Crippen molar-refractivity contribution in [1.82, 2.24) is 10.3 Å². The predicted molar refractivity (Wildman–Crippen MR) is 77.0 cm³/mol. The van der Waals surface area contributed by atoms with Gasteiger partial charge in [0.05, 0.1) is 5.56 Å². The molecule has 1 heterocycles. The second-order valence-electron chi connectivity index (χ2n) is 3.98. The molecule has 2 amide bonds. The van der Waals surface area contributed by atoms with E-state index in [9.17, 15) is 9.59 Å². The molecular weight excluding hydrogens is 278 g/mol. The number of hydrogen-bond donors (Lipinski definition) is 2. The van der Waals surface area contributed by atoms with E-state index < -0.39 is 0 Å². The largest absolute Gasteiger partial charge is 0.355 e. The van der Waals surface area contributed by atoms with Gasteiger partial charge in [-0.3, -0.25) is 9.59 Å². The number of aromatic nitrogens is 1. The fourth-order valence-corrected chi connectivity index (χ4v) is 1.71. The van der Waals surface area contributed by atoms with E-state index in [1.165, 1.54) is 12.3 Å². The summed E-state index contributed by atoms with van der Waals surface area (Å²) >= 11 is 5.66. The summed E-state index contributed by atoms with van der Waals surface area (Å²) in [5.41, 5.74) is 1.39. The van der Waals surface area contributed by atoms with Crippen molar-refractivity contribution in [2.45, 2.75) is 0 Å². The van der Waals surface area contributed by atoms with E-state index in [1.807, 2.05) is 0 Å². The summed E-state index contributed by atoms with van der Waals surface area (Å²) in [5, 5.41) is 5.54. The summed E-state index contributed by atoms with van der Waals surface area (Å²) in [6, 6.07) is 9.77. The molecule has 5 nitrogen and oxygen atoms in total. The van der Waals surface area contributed by atoms with E-state index in [4.69, 9.17) is 11.6 Å². The van der Waals surface area contributed by atoms with E-state index >= 15 is 0 Å². The molecule has 6 heteroatoms. The van der Waals surface area contributed by atoms with Crippen LogP contribution in [0.25, 0.3) is 0 Å². The molecule has 0 saturated carbocycles. The van der Waals surface area contributed by atoms with Crippen molar-refractivity contribution < 1.29 is 9.59 Å². The van der Waals surface area contributed by atoms with Crippen molar-refractivity contribution in [3.8, 4) is 0 Å². The van der Waals surface area contributed by atoms with Crippen molar-refractivity contribution in [3.05, 3.63) is 58.9 Å². The number of carbonyl (C=O) groups excluding carboxylic acids is 2. The van der Waals surface area contributed by atoms with Gasteiger partial charge in [0.1, 0.15) is 5.15 Å². The van der Waals surface area contributed by atoms with Gasteiger partial charge in [0, 0.05) is 24.5 Å². The Morgan fingerprint density at radius 3 is 2.55 bits per heavy atom. The molecule has 0 spiro atoms. The molecule has 20 heavy (non-hydrogen) atoms. The highest BCUT2D eigenvalue weighted by atomic mass is 35.5. The summed E-state index contributed by atoms with van der Waals surface area (Å²) in [4.78, 5) is 27.3. The monoisotopic (exact) mass is 289 g/mol. The van der Waals surface area contributed by atoms with E-state index in [1.54, 1.807) is 37.4 Å². The molecule has 1 aromatic heterocycles. The highest BCUT2D eigenvalue weighted by Gasteiger charge is 2.08. The zero-order valence-corrected chi connectivity index (χ0v) is 11.4. The molecule has 0 fully saturated rings. The van der Waals surface area contributed by atoms with Crippen LogP contribution in [-0.4, -0.2) is 23.8 Å². The molecule has 0 aliphatic heterocycles. The molecule has 0 saturated heterocycles. The third-order valence-electron chi connectivity index (χ3n) is 2.60. The van der Waals surface area contributed by atoms with Crippen LogP contribution in [0.15, 0.2) is 42.6 Å². The highest BCUT2D eigenvalue weighted by molar-refractivity contribution is 6.29. The van der Waals surface area contributed by atoms with Crippen molar-refractivity contribution in [2.75, 3.05) is 12.4 Å². The average Bonchev–Trinajstić information content (AvgIpc) is 2.47. The Labute approximate surface area is 121 Å². The lowest BCUT2D eigenvalue weighted by atomic mass is 10.2. The molecule has 0 aliphatic rings. The number of nitrogens with zero attached hydrogens (tertiary/aromatic N) is 1. The van der Waals surface area contributed by atoms with E-state index in [0.717, 1.165) is 0 Å². The quantitative estimate of drug-likeness (QED) is 0.852. The normalized spacial score (nSPS) is 9.90. The Hall–Kier alpha value is -2.40. The number of carbonyl (C=O) groups is 2. The molecule has 1 aromatic carbocycles. The van der Waals surface area contributed by atoms with Gasteiger partial charge in [0.2, 0.25) is 0 Å². The SMILES string of the molecule is CNC(=O)c1cccc(NC(=O)c2ccc(Cl)nc2)c1. The summed E-state index contributed by atoms with van der Waals surface area (Å²) in [6.45, 7) is 0. The van der Waals surface area contributed by atoms with Crippen LogP contribution >= 0.6 is 11.6 Å². The molecule has 0 bridgehead atoms. The second-order valence-corrected chi connectivity index (χ2v) is 4.37. The number of halogens is 1. The lowest BCUT2D eigenvalue weighted by Crippen LogP contribution is -2.18. The van der Waals surface area contributed by atoms with Crippen LogP contribution in [0.2, 0.25) is 5.15 Å². The topological polar surface area (TPSA) is 71.1 Å². The standard InChI is InChI=1S/C14H12ClN3O2/c1-16-13(19)9-3-2-4-11(7-9)18-14(20)10-5-6-12(15)17-8-10/h2-8H,1H3,(H,16,19)(H,18,20). The van der Waals surface area contributed by atoms with Crippen LogP contribution in [-0.2, 0) is 0 Å². The molecule has 2 aromatic rings. The number of benzene rings is 1. The van der Waals surface area contributed by atoms with Crippen molar-refractivity contribution in [1.29, 1.82) is 0 Å². The van der Waals surface area contributed by atoms with E-state index in [-0.39, 0.29) is 11.8 Å². The number of amides is 2. The van der Waals surface area contributed by atoms with Gasteiger partial charge in [-0.15, -0.1) is 0 Å². The molecule has 2 rings (SSSR count). The third-order valence-corrected chi connectivity index (χ3v) is 2.82. The van der Waals surface area contributed by atoms with Crippen molar-refractivity contribution in [3.63, 3.8) is 0 Å². The first-order valence-electron chi connectivity index (χ1n) is 5.85. The first-order chi connectivity index (χ1) is 9.60. The Balaban J connectivity index is 2.15. The summed E-state index contributed by atoms with van der Waals surface area (Å²) in [5.74, 6) is -0.530. The van der Waals surface area contributed by atoms with Crippen LogP contribution in [0.5, 0.6) is 0 Å². The minimum atomic E-state index is -0.316. The first-order valence-corrected chi connectivity index (χ1v) is 6.23. The highest BCUT2D eigenvalue weighted by Crippen LogP contribution is 2.13. The minimum Gasteiger partial charge on any atom is -0.355 e. The van der Waals surface area contributed by atoms with Crippen LogP contribution < -0.4 is 10.6 Å². The Morgan fingerprint density at radius 2 is 1.90 bits per heavy atom. The number of hydrogen-bond acceptors (Lipinski definition) is 3. The number of nitrogens with one attached hydrogen (secondary N) is 2. The number of rotatable bonds is 3. The maximum Gasteiger partial charge on any atom is 0.257 e. The third kappa shape index (κ3) is 3.33. The molecule has 2 N–H and O–H groups in total. The van der Waals surface area contributed by atoms with Crippen LogP contribution in [0, 0.1) is 0 Å². The fraction of sp³-hybridized carbons (Fsp3) is 0.0714. The van der Waals surface area contributed by atoms with Gasteiger partial charge in [0.15, 0.2) is 0 Å². The van der Waals surface area contributed by atoms with E-state index in [2.05, 4.69) is 15.6 Å². The Bertz CT molecular complexity index is 641. The lowest BCUT2D eigenvalue weighted by Gasteiger charge is -2.07. The Kier molecular flexibility index (Phi) is 4.32. The maximum atomic E-state index is 12.0. The summed E-state index contributed by atoms with van der Waals surface area (Å²) < 4.78 is 0. The zero-order chi connectivity index (χ0) is 14.5. The van der Waals surface area contributed by atoms with Gasteiger partial charge in [-0.1, -0.05) is 17.7 Å². The second kappa shape index (κ2) is 6.16.